The third kappa shape index (κ3) is 2.61. The van der Waals surface area contributed by atoms with Crippen molar-refractivity contribution in [3.05, 3.63) is 35.2 Å². The smallest absolute Gasteiger partial charge is 0.106 e. The van der Waals surface area contributed by atoms with Crippen molar-refractivity contribution in [2.75, 3.05) is 17.3 Å². The van der Waals surface area contributed by atoms with E-state index in [-0.39, 0.29) is 6.61 Å². The van der Waals surface area contributed by atoms with Gasteiger partial charge in [0.05, 0.1) is 18.0 Å². The van der Waals surface area contributed by atoms with Crippen LogP contribution in [0.25, 0.3) is 0 Å². The third-order valence-electron chi connectivity index (χ3n) is 3.66. The van der Waals surface area contributed by atoms with Crippen molar-refractivity contribution in [1.29, 1.82) is 0 Å². The Morgan fingerprint density at radius 2 is 2.11 bits per heavy atom. The molecule has 1 aromatic rings. The van der Waals surface area contributed by atoms with E-state index in [1.54, 1.807) is 0 Å². The first-order chi connectivity index (χ1) is 9.08. The van der Waals surface area contributed by atoms with E-state index in [1.165, 1.54) is 11.3 Å². The molecule has 0 saturated carbocycles. The zero-order valence-corrected chi connectivity index (χ0v) is 12.3. The fraction of sp³-hybridized carbons (Fsp3) is 0.500. The molecule has 0 aliphatic carbocycles. The Balaban J connectivity index is 2.40. The maximum Gasteiger partial charge on any atom is 0.106 e. The number of benzene rings is 1. The number of fused-ring (bicyclic) bond motifs is 1. The quantitative estimate of drug-likeness (QED) is 0.864. The topological polar surface area (TPSA) is 35.5 Å². The zero-order valence-electron chi connectivity index (χ0n) is 12.3. The van der Waals surface area contributed by atoms with Crippen LogP contribution >= 0.6 is 0 Å². The summed E-state index contributed by atoms with van der Waals surface area (Å²) < 4.78 is 0. The number of hydrogen-bond acceptors (Lipinski definition) is 3. The lowest BCUT2D eigenvalue weighted by Gasteiger charge is -2.17. The lowest BCUT2D eigenvalue weighted by atomic mass is 9.96. The number of aliphatic hydroxyl groups excluding tert-OH is 1. The number of anilines is 2. The monoisotopic (exact) mass is 260 g/mol. The van der Waals surface area contributed by atoms with Crippen LogP contribution in [0.15, 0.2) is 24.0 Å². The molecule has 1 aromatic carbocycles. The standard InChI is InChI=1S/C16H24N2O/c1-5-6-7-16-17-14-8-12(10-19)13(11(2)3)9-15(14)18(16)4/h7-9,11,17,19H,5-6,10H2,1-4H3/b16-7-. The molecule has 0 atom stereocenters. The highest BCUT2D eigenvalue weighted by Gasteiger charge is 2.22. The second-order valence-corrected chi connectivity index (χ2v) is 5.44. The van der Waals surface area contributed by atoms with Crippen LogP contribution in [0.1, 0.15) is 50.7 Å². The fourth-order valence-corrected chi connectivity index (χ4v) is 2.52. The number of rotatable bonds is 4. The number of allylic oxidation sites excluding steroid dienone is 1. The first-order valence-electron chi connectivity index (χ1n) is 7.07. The van der Waals surface area contributed by atoms with Crippen molar-refractivity contribution in [2.45, 2.75) is 46.1 Å². The van der Waals surface area contributed by atoms with Crippen molar-refractivity contribution >= 4 is 11.4 Å². The summed E-state index contributed by atoms with van der Waals surface area (Å²) in [6.07, 6.45) is 4.45. The van der Waals surface area contributed by atoms with Gasteiger partial charge in [0.2, 0.25) is 0 Å². The average Bonchev–Trinajstić information content (AvgIpc) is 2.71. The lowest BCUT2D eigenvalue weighted by Crippen LogP contribution is -2.14. The van der Waals surface area contributed by atoms with Gasteiger partial charge in [-0.2, -0.15) is 0 Å². The summed E-state index contributed by atoms with van der Waals surface area (Å²) >= 11 is 0. The molecule has 0 unspecified atom stereocenters. The summed E-state index contributed by atoms with van der Waals surface area (Å²) in [6, 6.07) is 4.28. The van der Waals surface area contributed by atoms with Crippen LogP contribution in [0, 0.1) is 0 Å². The van der Waals surface area contributed by atoms with E-state index in [2.05, 4.69) is 56.2 Å². The highest BCUT2D eigenvalue weighted by molar-refractivity contribution is 5.82. The molecule has 3 nitrogen and oxygen atoms in total. The van der Waals surface area contributed by atoms with E-state index in [1.807, 2.05) is 0 Å². The van der Waals surface area contributed by atoms with Crippen LogP contribution in [0.4, 0.5) is 11.4 Å². The first-order valence-corrected chi connectivity index (χ1v) is 7.07. The van der Waals surface area contributed by atoms with Crippen molar-refractivity contribution in [3.8, 4) is 0 Å². The minimum atomic E-state index is 0.0974. The van der Waals surface area contributed by atoms with Crippen LogP contribution in [0.5, 0.6) is 0 Å². The molecule has 0 radical (unpaired) electrons. The normalized spacial score (nSPS) is 16.1. The van der Waals surface area contributed by atoms with Gasteiger partial charge in [-0.3, -0.25) is 0 Å². The minimum Gasteiger partial charge on any atom is -0.392 e. The van der Waals surface area contributed by atoms with Gasteiger partial charge in [0.15, 0.2) is 0 Å². The first kappa shape index (κ1) is 13.9. The van der Waals surface area contributed by atoms with Gasteiger partial charge in [-0.15, -0.1) is 0 Å². The molecule has 0 spiro atoms. The Morgan fingerprint density at radius 1 is 1.37 bits per heavy atom. The number of unbranched alkanes of at least 4 members (excludes halogenated alkanes) is 1. The molecule has 0 fully saturated rings. The van der Waals surface area contributed by atoms with Gasteiger partial charge in [0, 0.05) is 7.05 Å². The van der Waals surface area contributed by atoms with Gasteiger partial charge >= 0.3 is 0 Å². The molecule has 19 heavy (non-hydrogen) atoms. The molecule has 104 valence electrons. The predicted octanol–water partition coefficient (Wildman–Crippen LogP) is 3.81. The van der Waals surface area contributed by atoms with Crippen LogP contribution in [-0.2, 0) is 6.61 Å². The summed E-state index contributed by atoms with van der Waals surface area (Å²) in [5, 5.41) is 13.0. The number of nitrogens with zero attached hydrogens (tertiary/aromatic N) is 1. The van der Waals surface area contributed by atoms with Crippen molar-refractivity contribution < 1.29 is 5.11 Å². The van der Waals surface area contributed by atoms with Gasteiger partial charge in [-0.05, 0) is 41.7 Å². The highest BCUT2D eigenvalue weighted by atomic mass is 16.3. The van der Waals surface area contributed by atoms with Gasteiger partial charge in [-0.1, -0.05) is 27.2 Å². The molecule has 2 rings (SSSR count). The molecular formula is C16H24N2O. The molecule has 0 amide bonds. The second kappa shape index (κ2) is 5.66. The molecule has 0 aromatic heterocycles. The summed E-state index contributed by atoms with van der Waals surface area (Å²) in [7, 11) is 2.09. The molecule has 1 heterocycles. The summed E-state index contributed by atoms with van der Waals surface area (Å²) in [6.45, 7) is 6.61. The highest BCUT2D eigenvalue weighted by Crippen LogP contribution is 2.39. The van der Waals surface area contributed by atoms with Crippen LogP contribution in [0.3, 0.4) is 0 Å². The van der Waals surface area contributed by atoms with Gasteiger partial charge in [-0.25, -0.2) is 0 Å². The van der Waals surface area contributed by atoms with Crippen LogP contribution < -0.4 is 10.2 Å². The van der Waals surface area contributed by atoms with Gasteiger partial charge in [0.25, 0.3) is 0 Å². The molecule has 3 heteroatoms. The number of aliphatic hydroxyl groups is 1. The van der Waals surface area contributed by atoms with Crippen LogP contribution in [0.2, 0.25) is 0 Å². The Hall–Kier alpha value is -1.48. The third-order valence-corrected chi connectivity index (χ3v) is 3.66. The van der Waals surface area contributed by atoms with E-state index in [0.717, 1.165) is 29.9 Å². The zero-order chi connectivity index (χ0) is 14.0. The maximum absolute atomic E-state index is 9.52. The van der Waals surface area contributed by atoms with E-state index in [0.29, 0.717) is 5.92 Å². The molecule has 2 N–H and O–H groups in total. The average molecular weight is 260 g/mol. The molecular weight excluding hydrogens is 236 g/mol. The fourth-order valence-electron chi connectivity index (χ4n) is 2.52. The minimum absolute atomic E-state index is 0.0974. The van der Waals surface area contributed by atoms with Gasteiger partial charge in [0.1, 0.15) is 5.82 Å². The number of nitrogens with one attached hydrogen (secondary N) is 1. The van der Waals surface area contributed by atoms with E-state index in [9.17, 15) is 5.11 Å². The largest absolute Gasteiger partial charge is 0.392 e. The Morgan fingerprint density at radius 3 is 2.68 bits per heavy atom. The maximum atomic E-state index is 9.52. The van der Waals surface area contributed by atoms with E-state index in [4.69, 9.17) is 0 Å². The summed E-state index contributed by atoms with van der Waals surface area (Å²) in [4.78, 5) is 2.19. The van der Waals surface area contributed by atoms with Crippen molar-refractivity contribution in [2.24, 2.45) is 0 Å². The van der Waals surface area contributed by atoms with Gasteiger partial charge < -0.3 is 15.3 Å². The van der Waals surface area contributed by atoms with E-state index < -0.39 is 0 Å². The van der Waals surface area contributed by atoms with E-state index >= 15 is 0 Å². The predicted molar refractivity (Wildman–Crippen MR) is 81.5 cm³/mol. The Bertz CT molecular complexity index is 492. The lowest BCUT2D eigenvalue weighted by molar-refractivity contribution is 0.280. The van der Waals surface area contributed by atoms with Crippen molar-refractivity contribution in [1.82, 2.24) is 0 Å². The molecule has 0 bridgehead atoms. The number of hydrogen-bond donors (Lipinski definition) is 2. The summed E-state index contributed by atoms with van der Waals surface area (Å²) in [5.74, 6) is 1.56. The molecule has 1 aliphatic rings. The molecule has 1 aliphatic heterocycles. The summed E-state index contributed by atoms with van der Waals surface area (Å²) in [5.41, 5.74) is 4.54. The Labute approximate surface area is 115 Å². The SMILES string of the molecule is CCC/C=C1/Nc2cc(CO)c(C(C)C)cc2N1C. The van der Waals surface area contributed by atoms with Crippen molar-refractivity contribution in [3.63, 3.8) is 0 Å². The second-order valence-electron chi connectivity index (χ2n) is 5.44. The molecule has 0 saturated heterocycles. The van der Waals surface area contributed by atoms with Crippen LogP contribution in [-0.4, -0.2) is 12.2 Å². The Kier molecular flexibility index (Phi) is 4.15.